The first-order chi connectivity index (χ1) is 10.0. The maximum atomic E-state index is 11.9. The first-order valence-corrected chi connectivity index (χ1v) is 9.38. The average Bonchev–Trinajstić information content (AvgIpc) is 2.82. The van der Waals surface area contributed by atoms with Crippen LogP contribution in [0.4, 0.5) is 5.69 Å². The van der Waals surface area contributed by atoms with E-state index in [0.717, 1.165) is 20.5 Å². The van der Waals surface area contributed by atoms with E-state index < -0.39 is 10.8 Å². The third-order valence-corrected chi connectivity index (χ3v) is 4.84. The number of hydrogen-bond acceptors (Lipinski definition) is 3. The molecular formula is C15H16ClNO2S2. The van der Waals surface area contributed by atoms with Crippen LogP contribution in [-0.2, 0) is 27.8 Å². The first-order valence-electron chi connectivity index (χ1n) is 6.46. The Hall–Kier alpha value is -1.17. The van der Waals surface area contributed by atoms with E-state index in [9.17, 15) is 9.00 Å². The monoisotopic (exact) mass is 341 g/mol. The lowest BCUT2D eigenvalue weighted by atomic mass is 10.2. The molecule has 1 amide bonds. The van der Waals surface area contributed by atoms with Gasteiger partial charge in [0.2, 0.25) is 5.91 Å². The summed E-state index contributed by atoms with van der Waals surface area (Å²) in [5.41, 5.74) is 1.70. The van der Waals surface area contributed by atoms with Crippen LogP contribution in [0, 0.1) is 0 Å². The minimum Gasteiger partial charge on any atom is -0.326 e. The number of nitrogens with one attached hydrogen (secondary N) is 1. The van der Waals surface area contributed by atoms with Crippen LogP contribution in [0.1, 0.15) is 16.9 Å². The molecule has 0 aliphatic carbocycles. The van der Waals surface area contributed by atoms with Gasteiger partial charge in [0.25, 0.3) is 0 Å². The fourth-order valence-electron chi connectivity index (χ4n) is 1.92. The molecule has 3 nitrogen and oxygen atoms in total. The minimum atomic E-state index is -0.887. The highest BCUT2D eigenvalue weighted by Gasteiger charge is 2.06. The smallest absolute Gasteiger partial charge is 0.224 e. The molecule has 1 atom stereocenters. The Kier molecular flexibility index (Phi) is 5.96. The topological polar surface area (TPSA) is 46.2 Å². The summed E-state index contributed by atoms with van der Waals surface area (Å²) in [6, 6.07) is 11.2. The second kappa shape index (κ2) is 7.73. The standard InChI is InChI=1S/C15H16ClNO2S2/c1-21(19)10-11-3-2-4-12(9-11)17-15(18)8-6-13-5-7-14(16)20-13/h2-5,7,9H,6,8,10H2,1H3,(H,17,18)/t21-/m1/s1. The van der Waals surface area contributed by atoms with Crippen molar-refractivity contribution < 1.29 is 9.00 Å². The molecule has 0 saturated carbocycles. The predicted octanol–water partition coefficient (Wildman–Crippen LogP) is 3.85. The Labute approximate surface area is 135 Å². The number of halogens is 1. The summed E-state index contributed by atoms with van der Waals surface area (Å²) in [7, 11) is -0.887. The van der Waals surface area contributed by atoms with Gasteiger partial charge in [-0.2, -0.15) is 0 Å². The van der Waals surface area contributed by atoms with Gasteiger partial charge in [0, 0.05) is 39.8 Å². The number of carbonyl (C=O) groups is 1. The summed E-state index contributed by atoms with van der Waals surface area (Å²) in [5.74, 6) is 0.464. The van der Waals surface area contributed by atoms with Gasteiger partial charge in [-0.15, -0.1) is 11.3 Å². The van der Waals surface area contributed by atoms with E-state index in [0.29, 0.717) is 18.6 Å². The summed E-state index contributed by atoms with van der Waals surface area (Å²) >= 11 is 7.35. The number of benzene rings is 1. The lowest BCUT2D eigenvalue weighted by molar-refractivity contribution is -0.116. The van der Waals surface area contributed by atoms with Crippen LogP contribution in [-0.4, -0.2) is 16.4 Å². The van der Waals surface area contributed by atoms with Gasteiger partial charge < -0.3 is 5.32 Å². The Bertz CT molecular complexity index is 655. The molecular weight excluding hydrogens is 326 g/mol. The van der Waals surface area contributed by atoms with Gasteiger partial charge in [-0.1, -0.05) is 23.7 Å². The molecule has 0 saturated heterocycles. The summed E-state index contributed by atoms with van der Waals surface area (Å²) < 4.78 is 12.0. The highest BCUT2D eigenvalue weighted by Crippen LogP contribution is 2.22. The van der Waals surface area contributed by atoms with E-state index in [1.165, 1.54) is 11.3 Å². The summed E-state index contributed by atoms with van der Waals surface area (Å²) in [6.45, 7) is 0. The molecule has 0 unspecified atom stereocenters. The Balaban J connectivity index is 1.88. The van der Waals surface area contributed by atoms with Crippen LogP contribution in [0.2, 0.25) is 4.34 Å². The summed E-state index contributed by atoms with van der Waals surface area (Å²) in [4.78, 5) is 13.0. The Morgan fingerprint density at radius 2 is 2.14 bits per heavy atom. The van der Waals surface area contributed by atoms with E-state index in [1.54, 1.807) is 6.26 Å². The zero-order chi connectivity index (χ0) is 15.2. The van der Waals surface area contributed by atoms with Crippen molar-refractivity contribution in [1.82, 2.24) is 0 Å². The van der Waals surface area contributed by atoms with Gasteiger partial charge in [-0.3, -0.25) is 9.00 Å². The molecule has 112 valence electrons. The maximum absolute atomic E-state index is 11.9. The van der Waals surface area contributed by atoms with Crippen molar-refractivity contribution in [3.05, 3.63) is 51.2 Å². The molecule has 0 aliphatic heterocycles. The second-order valence-corrected chi connectivity index (χ2v) is 7.91. The van der Waals surface area contributed by atoms with E-state index in [1.807, 2.05) is 36.4 Å². The second-order valence-electron chi connectivity index (χ2n) is 4.67. The number of rotatable bonds is 6. The molecule has 1 heterocycles. The normalized spacial score (nSPS) is 12.1. The SMILES string of the molecule is C[S@@](=O)Cc1cccc(NC(=O)CCc2ccc(Cl)s2)c1. The predicted molar refractivity (Wildman–Crippen MR) is 90.5 cm³/mol. The van der Waals surface area contributed by atoms with E-state index >= 15 is 0 Å². The Morgan fingerprint density at radius 3 is 2.81 bits per heavy atom. The first kappa shape index (κ1) is 16.2. The van der Waals surface area contributed by atoms with Crippen molar-refractivity contribution in [1.29, 1.82) is 0 Å². The van der Waals surface area contributed by atoms with Gasteiger partial charge in [-0.05, 0) is 36.2 Å². The molecule has 0 aliphatic rings. The largest absolute Gasteiger partial charge is 0.326 e. The lowest BCUT2D eigenvalue weighted by Crippen LogP contribution is -2.12. The number of aryl methyl sites for hydroxylation is 1. The van der Waals surface area contributed by atoms with Crippen molar-refractivity contribution in [2.75, 3.05) is 11.6 Å². The third kappa shape index (κ3) is 5.61. The molecule has 0 bridgehead atoms. The van der Waals surface area contributed by atoms with Crippen LogP contribution >= 0.6 is 22.9 Å². The number of carbonyl (C=O) groups excluding carboxylic acids is 1. The van der Waals surface area contributed by atoms with Crippen LogP contribution in [0.3, 0.4) is 0 Å². The summed E-state index contributed by atoms with van der Waals surface area (Å²) in [5, 5.41) is 2.87. The average molecular weight is 342 g/mol. The van der Waals surface area contributed by atoms with Gasteiger partial charge in [0.1, 0.15) is 0 Å². The molecule has 2 rings (SSSR count). The molecule has 1 aromatic carbocycles. The van der Waals surface area contributed by atoms with Crippen LogP contribution < -0.4 is 5.32 Å². The van der Waals surface area contributed by atoms with Crippen molar-refractivity contribution in [2.45, 2.75) is 18.6 Å². The van der Waals surface area contributed by atoms with Gasteiger partial charge in [0.15, 0.2) is 0 Å². The highest BCUT2D eigenvalue weighted by atomic mass is 35.5. The summed E-state index contributed by atoms with van der Waals surface area (Å²) in [6.07, 6.45) is 2.76. The number of anilines is 1. The van der Waals surface area contributed by atoms with E-state index in [-0.39, 0.29) is 5.91 Å². The van der Waals surface area contributed by atoms with Crippen LogP contribution in [0.5, 0.6) is 0 Å². The lowest BCUT2D eigenvalue weighted by Gasteiger charge is -2.06. The molecule has 0 fully saturated rings. The number of hydrogen-bond donors (Lipinski definition) is 1. The van der Waals surface area contributed by atoms with Gasteiger partial charge in [0.05, 0.1) is 4.34 Å². The fourth-order valence-corrected chi connectivity index (χ4v) is 3.66. The van der Waals surface area contributed by atoms with Crippen molar-refractivity contribution >= 4 is 45.3 Å². The number of amides is 1. The van der Waals surface area contributed by atoms with E-state index in [4.69, 9.17) is 11.6 Å². The molecule has 2 aromatic rings. The van der Waals surface area contributed by atoms with Crippen LogP contribution in [0.25, 0.3) is 0 Å². The quantitative estimate of drug-likeness (QED) is 0.867. The molecule has 1 aromatic heterocycles. The Morgan fingerprint density at radius 1 is 1.33 bits per heavy atom. The third-order valence-electron chi connectivity index (χ3n) is 2.81. The molecule has 0 spiro atoms. The van der Waals surface area contributed by atoms with Crippen LogP contribution in [0.15, 0.2) is 36.4 Å². The van der Waals surface area contributed by atoms with Crippen molar-refractivity contribution in [2.24, 2.45) is 0 Å². The highest BCUT2D eigenvalue weighted by molar-refractivity contribution is 7.83. The van der Waals surface area contributed by atoms with E-state index in [2.05, 4.69) is 5.32 Å². The molecule has 1 N–H and O–H groups in total. The van der Waals surface area contributed by atoms with Crippen molar-refractivity contribution in [3.63, 3.8) is 0 Å². The number of thiophene rings is 1. The molecule has 21 heavy (non-hydrogen) atoms. The molecule has 0 radical (unpaired) electrons. The van der Waals surface area contributed by atoms with Gasteiger partial charge in [-0.25, -0.2) is 0 Å². The van der Waals surface area contributed by atoms with Crippen molar-refractivity contribution in [3.8, 4) is 0 Å². The minimum absolute atomic E-state index is 0.0331. The van der Waals surface area contributed by atoms with Gasteiger partial charge >= 0.3 is 0 Å². The molecule has 6 heteroatoms. The maximum Gasteiger partial charge on any atom is 0.224 e. The zero-order valence-electron chi connectivity index (χ0n) is 11.6. The fraction of sp³-hybridized carbons (Fsp3) is 0.267. The zero-order valence-corrected chi connectivity index (χ0v) is 14.0.